The fourth-order valence-corrected chi connectivity index (χ4v) is 2.44. The van der Waals surface area contributed by atoms with Crippen molar-refractivity contribution < 1.29 is 24.5 Å². The molecule has 0 amide bonds. The minimum atomic E-state index is -1.30. The van der Waals surface area contributed by atoms with Crippen LogP contribution in [0.5, 0.6) is 0 Å². The molecule has 2 aliphatic rings. The number of aliphatic hydroxyl groups excluding tert-OH is 3. The molecule has 9 nitrogen and oxygen atoms in total. The van der Waals surface area contributed by atoms with E-state index in [1.165, 1.54) is 11.2 Å². The lowest BCUT2D eigenvalue weighted by Crippen LogP contribution is -2.45. The number of anilines is 3. The summed E-state index contributed by atoms with van der Waals surface area (Å²) in [6.07, 6.45) is -3.37. The second-order valence-electron chi connectivity index (χ2n) is 4.63. The molecule has 0 aromatic carbocycles. The van der Waals surface area contributed by atoms with Crippen LogP contribution in [0.3, 0.4) is 0 Å². The number of ether oxygens (including phenoxy) is 1. The third-order valence-electron chi connectivity index (χ3n) is 3.45. The van der Waals surface area contributed by atoms with Crippen molar-refractivity contribution in [3.05, 3.63) is 6.33 Å². The van der Waals surface area contributed by atoms with Gasteiger partial charge in [0, 0.05) is 0 Å². The van der Waals surface area contributed by atoms with Crippen molar-refractivity contribution in [2.24, 2.45) is 0 Å². The molecule has 20 heavy (non-hydrogen) atoms. The Morgan fingerprint density at radius 2 is 2.15 bits per heavy atom. The smallest absolute Gasteiger partial charge is 0.164 e. The van der Waals surface area contributed by atoms with E-state index in [9.17, 15) is 14.7 Å². The predicted octanol–water partition coefficient (Wildman–Crippen LogP) is -2.03. The Labute approximate surface area is 113 Å². The quantitative estimate of drug-likeness (QED) is 0.455. The van der Waals surface area contributed by atoms with Gasteiger partial charge in [0.05, 0.1) is 6.61 Å². The second-order valence-corrected chi connectivity index (χ2v) is 4.63. The van der Waals surface area contributed by atoms with E-state index in [0.717, 1.165) is 0 Å². The van der Waals surface area contributed by atoms with Gasteiger partial charge >= 0.3 is 0 Å². The first-order valence-corrected chi connectivity index (χ1v) is 5.97. The molecule has 5 N–H and O–H groups in total. The maximum absolute atomic E-state index is 13.9. The third kappa shape index (κ3) is 1.77. The summed E-state index contributed by atoms with van der Waals surface area (Å²) in [5.74, 6) is 0.126. The van der Waals surface area contributed by atoms with Crippen LogP contribution in [0.1, 0.15) is 0 Å². The van der Waals surface area contributed by atoms with Gasteiger partial charge in [-0.3, -0.25) is 0 Å². The van der Waals surface area contributed by atoms with E-state index in [-0.39, 0.29) is 24.0 Å². The molecule has 3 heterocycles. The Morgan fingerprint density at radius 3 is 2.80 bits per heavy atom. The molecule has 2 aliphatic heterocycles. The van der Waals surface area contributed by atoms with Gasteiger partial charge in [-0.2, -0.15) is 5.12 Å². The van der Waals surface area contributed by atoms with Gasteiger partial charge in [0.1, 0.15) is 31.3 Å². The number of aromatic nitrogens is 2. The molecule has 1 fully saturated rings. The van der Waals surface area contributed by atoms with E-state index in [0.29, 0.717) is 5.12 Å². The Morgan fingerprint density at radius 1 is 1.40 bits per heavy atom. The van der Waals surface area contributed by atoms with E-state index in [4.69, 9.17) is 15.6 Å². The van der Waals surface area contributed by atoms with E-state index in [1.54, 1.807) is 0 Å². The first kappa shape index (κ1) is 13.2. The van der Waals surface area contributed by atoms with E-state index in [2.05, 4.69) is 9.97 Å². The fraction of sp³-hybridized carbons (Fsp3) is 0.600. The summed E-state index contributed by atoms with van der Waals surface area (Å²) in [7, 11) is 0. The largest absolute Gasteiger partial charge is 0.394 e. The number of aliphatic hydroxyl groups is 3. The highest BCUT2D eigenvalue weighted by molar-refractivity contribution is 5.80. The number of halogens is 1. The molecule has 1 saturated heterocycles. The summed E-state index contributed by atoms with van der Waals surface area (Å²) in [5.41, 5.74) is 5.58. The van der Waals surface area contributed by atoms with Crippen molar-refractivity contribution in [1.29, 1.82) is 0 Å². The van der Waals surface area contributed by atoms with E-state index in [1.807, 2.05) is 0 Å². The normalized spacial score (nSPS) is 32.8. The molecular formula is C10H14FN5O4. The Bertz CT molecular complexity index is 520. The number of rotatable bonds is 2. The highest BCUT2D eigenvalue weighted by Gasteiger charge is 2.48. The maximum atomic E-state index is 13.9. The summed E-state index contributed by atoms with van der Waals surface area (Å²) in [5, 5.41) is 29.1. The molecule has 0 saturated carbocycles. The molecule has 0 spiro atoms. The monoisotopic (exact) mass is 287 g/mol. The van der Waals surface area contributed by atoms with Gasteiger partial charge in [0.25, 0.3) is 0 Å². The average molecular weight is 287 g/mol. The predicted molar refractivity (Wildman–Crippen MR) is 65.1 cm³/mol. The van der Waals surface area contributed by atoms with Gasteiger partial charge < -0.3 is 30.7 Å². The van der Waals surface area contributed by atoms with Gasteiger partial charge in [-0.05, 0) is 0 Å². The molecule has 0 aliphatic carbocycles. The van der Waals surface area contributed by atoms with Crippen molar-refractivity contribution in [3.8, 4) is 0 Å². The van der Waals surface area contributed by atoms with Crippen LogP contribution in [0.4, 0.5) is 21.8 Å². The van der Waals surface area contributed by atoms with Gasteiger partial charge in [-0.15, -0.1) is 0 Å². The number of hydrogen-bond acceptors (Lipinski definition) is 9. The van der Waals surface area contributed by atoms with Gasteiger partial charge in [0.2, 0.25) is 0 Å². The van der Waals surface area contributed by atoms with Crippen LogP contribution in [0, 0.1) is 0 Å². The van der Waals surface area contributed by atoms with Crippen LogP contribution in [0.25, 0.3) is 0 Å². The van der Waals surface area contributed by atoms with Crippen LogP contribution in [-0.2, 0) is 4.74 Å². The lowest BCUT2D eigenvalue weighted by atomic mass is 10.1. The standard InChI is InChI=1S/C10H14FN5O4/c11-16-3-15(9-5(16)8(12)13-2-14-9)10-7(19)6(18)4(1-17)20-10/h2,4,6-7,10,17-19H,1,3H2,(H2,12,13,14)/t4-,6-,7-,10-/m1/s1. The zero-order valence-corrected chi connectivity index (χ0v) is 10.3. The Kier molecular flexibility index (Phi) is 3.09. The SMILES string of the molecule is Nc1ncnc2c1N(F)CN2[C@@H]1O[C@H](CO)[C@@H](O)[C@H]1O. The zero-order valence-electron chi connectivity index (χ0n) is 10.3. The Hall–Kier alpha value is -1.75. The van der Waals surface area contributed by atoms with Crippen molar-refractivity contribution in [3.63, 3.8) is 0 Å². The number of nitrogens with two attached hydrogens (primary N) is 1. The van der Waals surface area contributed by atoms with Gasteiger partial charge in [0.15, 0.2) is 23.6 Å². The van der Waals surface area contributed by atoms with Gasteiger partial charge in [-0.25, -0.2) is 9.97 Å². The van der Waals surface area contributed by atoms with Gasteiger partial charge in [-0.1, -0.05) is 4.48 Å². The Balaban J connectivity index is 1.93. The number of nitrogens with zero attached hydrogens (tertiary/aromatic N) is 4. The number of nitrogen functional groups attached to an aromatic ring is 1. The lowest BCUT2D eigenvalue weighted by Gasteiger charge is -2.26. The molecule has 10 heteroatoms. The minimum absolute atomic E-state index is 0.00904. The molecule has 1 aromatic heterocycles. The molecule has 3 rings (SSSR count). The summed E-state index contributed by atoms with van der Waals surface area (Å²) in [4.78, 5) is 8.93. The first-order valence-electron chi connectivity index (χ1n) is 5.97. The minimum Gasteiger partial charge on any atom is -0.394 e. The molecule has 0 bridgehead atoms. The van der Waals surface area contributed by atoms with Crippen molar-refractivity contribution in [1.82, 2.24) is 9.97 Å². The van der Waals surface area contributed by atoms with Crippen LogP contribution < -0.4 is 15.8 Å². The molecule has 110 valence electrons. The second kappa shape index (κ2) is 4.66. The van der Waals surface area contributed by atoms with Crippen molar-refractivity contribution in [2.75, 3.05) is 29.0 Å². The lowest BCUT2D eigenvalue weighted by molar-refractivity contribution is -0.0225. The molecule has 0 unspecified atom stereocenters. The van der Waals surface area contributed by atoms with Crippen LogP contribution in [0.15, 0.2) is 6.33 Å². The summed E-state index contributed by atoms with van der Waals surface area (Å²) < 4.78 is 19.2. The van der Waals surface area contributed by atoms with Crippen LogP contribution >= 0.6 is 0 Å². The molecular weight excluding hydrogens is 273 g/mol. The molecule has 0 radical (unpaired) electrons. The molecule has 1 aromatic rings. The number of fused-ring (bicyclic) bond motifs is 1. The highest BCUT2D eigenvalue weighted by atomic mass is 19.2. The highest BCUT2D eigenvalue weighted by Crippen LogP contribution is 2.41. The van der Waals surface area contributed by atoms with Crippen molar-refractivity contribution in [2.45, 2.75) is 24.5 Å². The number of hydrogen-bond donors (Lipinski definition) is 4. The molecule has 4 atom stereocenters. The van der Waals surface area contributed by atoms with E-state index < -0.39 is 31.1 Å². The maximum Gasteiger partial charge on any atom is 0.164 e. The first-order chi connectivity index (χ1) is 9.54. The third-order valence-corrected chi connectivity index (χ3v) is 3.45. The van der Waals surface area contributed by atoms with Crippen LogP contribution in [-0.4, -0.2) is 63.1 Å². The average Bonchev–Trinajstić information content (AvgIpc) is 2.90. The summed E-state index contributed by atoms with van der Waals surface area (Å²) in [6, 6.07) is 0. The van der Waals surface area contributed by atoms with Crippen LogP contribution in [0.2, 0.25) is 0 Å². The topological polar surface area (TPSA) is 128 Å². The van der Waals surface area contributed by atoms with Crippen molar-refractivity contribution >= 4 is 17.3 Å². The van der Waals surface area contributed by atoms with E-state index >= 15 is 0 Å². The summed E-state index contributed by atoms with van der Waals surface area (Å²) >= 11 is 0. The zero-order chi connectivity index (χ0) is 14.4. The summed E-state index contributed by atoms with van der Waals surface area (Å²) in [6.45, 7) is -0.731. The fourth-order valence-electron chi connectivity index (χ4n) is 2.44.